The van der Waals surface area contributed by atoms with Crippen molar-refractivity contribution in [1.29, 1.82) is 0 Å². The van der Waals surface area contributed by atoms with Gasteiger partial charge in [0.2, 0.25) is 0 Å². The molecule has 0 fully saturated rings. The van der Waals surface area contributed by atoms with Crippen molar-refractivity contribution in [3.05, 3.63) is 62.9 Å². The van der Waals surface area contributed by atoms with Crippen LogP contribution in [-0.4, -0.2) is 40.7 Å². The van der Waals surface area contributed by atoms with Crippen molar-refractivity contribution in [1.82, 2.24) is 4.90 Å². The Morgan fingerprint density at radius 2 is 1.51 bits per heavy atom. The molecule has 1 aromatic carbocycles. The zero-order valence-electron chi connectivity index (χ0n) is 21.7. The number of allylic oxidation sites excluding steroid dienone is 4. The highest BCUT2D eigenvalue weighted by molar-refractivity contribution is 6.37. The van der Waals surface area contributed by atoms with E-state index in [9.17, 15) is 19.5 Å². The number of aliphatic carboxylic acids is 1. The van der Waals surface area contributed by atoms with Gasteiger partial charge in [0, 0.05) is 47.8 Å². The van der Waals surface area contributed by atoms with E-state index in [1.807, 2.05) is 32.6 Å². The molecule has 2 aliphatic carbocycles. The highest BCUT2D eigenvalue weighted by Crippen LogP contribution is 2.55. The lowest BCUT2D eigenvalue weighted by molar-refractivity contribution is -0.137. The van der Waals surface area contributed by atoms with E-state index >= 15 is 0 Å². The van der Waals surface area contributed by atoms with Gasteiger partial charge in [-0.15, -0.1) is 0 Å². The molecule has 1 aliphatic heterocycles. The first kappa shape index (κ1) is 27.5. The molecule has 1 aromatic rings. The zero-order chi connectivity index (χ0) is 27.3. The summed E-state index contributed by atoms with van der Waals surface area (Å²) in [6.45, 7) is 12.2. The molecule has 1 N–H and O–H groups in total. The number of halogens is 2. The SMILES string of the molecule is C=CCOc1c(Cl)cc(C2C3=C(CC(C)(C)CC3=O)N(CCC(=O)O)C3=C2C(=O)CC(C)(C)C3)cc1Cl. The van der Waals surface area contributed by atoms with Gasteiger partial charge in [0.1, 0.15) is 6.61 Å². The first-order valence-corrected chi connectivity index (χ1v) is 13.2. The molecule has 0 saturated carbocycles. The van der Waals surface area contributed by atoms with Gasteiger partial charge in [-0.1, -0.05) is 63.6 Å². The molecular weight excluding hydrogens is 513 g/mol. The summed E-state index contributed by atoms with van der Waals surface area (Å²) in [6.07, 6.45) is 3.34. The van der Waals surface area contributed by atoms with Gasteiger partial charge in [0.15, 0.2) is 17.3 Å². The molecule has 4 rings (SSSR count). The number of hydrogen-bond donors (Lipinski definition) is 1. The van der Waals surface area contributed by atoms with Crippen LogP contribution in [-0.2, 0) is 14.4 Å². The topological polar surface area (TPSA) is 83.9 Å². The highest BCUT2D eigenvalue weighted by atomic mass is 35.5. The molecule has 0 saturated heterocycles. The minimum atomic E-state index is -0.928. The van der Waals surface area contributed by atoms with Crippen LogP contribution in [0.25, 0.3) is 0 Å². The Bertz CT molecular complexity index is 1180. The minimum Gasteiger partial charge on any atom is -0.486 e. The Labute approximate surface area is 227 Å². The summed E-state index contributed by atoms with van der Waals surface area (Å²) in [5, 5.41) is 10.1. The van der Waals surface area contributed by atoms with E-state index in [2.05, 4.69) is 6.58 Å². The lowest BCUT2D eigenvalue weighted by atomic mass is 9.63. The summed E-state index contributed by atoms with van der Waals surface area (Å²) < 4.78 is 5.64. The number of ketones is 2. The van der Waals surface area contributed by atoms with Gasteiger partial charge in [-0.05, 0) is 41.4 Å². The average Bonchev–Trinajstić information content (AvgIpc) is 2.74. The van der Waals surface area contributed by atoms with Crippen molar-refractivity contribution < 1.29 is 24.2 Å². The van der Waals surface area contributed by atoms with Crippen LogP contribution in [0, 0.1) is 10.8 Å². The third-order valence-electron chi connectivity index (χ3n) is 7.27. The normalized spacial score (nSPS) is 21.1. The number of carbonyl (C=O) groups is 3. The Kier molecular flexibility index (Phi) is 7.39. The fourth-order valence-electron chi connectivity index (χ4n) is 5.88. The summed E-state index contributed by atoms with van der Waals surface area (Å²) >= 11 is 13.2. The molecule has 0 unspecified atom stereocenters. The number of ether oxygens (including phenoxy) is 1. The maximum atomic E-state index is 13.8. The number of carboxylic acids is 1. The fourth-order valence-corrected chi connectivity index (χ4v) is 6.50. The summed E-state index contributed by atoms with van der Waals surface area (Å²) in [6, 6.07) is 3.44. The van der Waals surface area contributed by atoms with Gasteiger partial charge in [-0.25, -0.2) is 0 Å². The third kappa shape index (κ3) is 5.37. The maximum Gasteiger partial charge on any atom is 0.305 e. The van der Waals surface area contributed by atoms with Crippen LogP contribution >= 0.6 is 23.2 Å². The fraction of sp³-hybridized carbons (Fsp3) is 0.483. The van der Waals surface area contributed by atoms with Crippen molar-refractivity contribution in [2.45, 2.75) is 65.7 Å². The summed E-state index contributed by atoms with van der Waals surface area (Å²) in [7, 11) is 0. The van der Waals surface area contributed by atoms with E-state index < -0.39 is 11.9 Å². The largest absolute Gasteiger partial charge is 0.486 e. The number of carboxylic acid groups (broad SMARTS) is 1. The molecule has 198 valence electrons. The third-order valence-corrected chi connectivity index (χ3v) is 7.83. The Morgan fingerprint density at radius 1 is 1.03 bits per heavy atom. The van der Waals surface area contributed by atoms with Crippen LogP contribution in [0.5, 0.6) is 5.75 Å². The lowest BCUT2D eigenvalue weighted by Gasteiger charge is -2.49. The van der Waals surface area contributed by atoms with Crippen LogP contribution in [0.2, 0.25) is 10.0 Å². The smallest absolute Gasteiger partial charge is 0.305 e. The molecule has 0 bridgehead atoms. The quantitative estimate of drug-likeness (QED) is 0.383. The molecule has 6 nitrogen and oxygen atoms in total. The monoisotopic (exact) mass is 545 g/mol. The van der Waals surface area contributed by atoms with Crippen molar-refractivity contribution in [2.24, 2.45) is 10.8 Å². The Hall–Kier alpha value is -2.57. The number of nitrogens with zero attached hydrogens (tertiary/aromatic N) is 1. The molecule has 0 radical (unpaired) electrons. The van der Waals surface area contributed by atoms with Crippen molar-refractivity contribution in [3.63, 3.8) is 0 Å². The second-order valence-corrected chi connectivity index (χ2v) is 12.6. The van der Waals surface area contributed by atoms with Crippen molar-refractivity contribution in [2.75, 3.05) is 13.2 Å². The van der Waals surface area contributed by atoms with E-state index in [0.717, 1.165) is 11.4 Å². The van der Waals surface area contributed by atoms with Gasteiger partial charge >= 0.3 is 5.97 Å². The summed E-state index contributed by atoms with van der Waals surface area (Å²) in [5.41, 5.74) is 2.75. The number of Topliss-reactive ketones (excluding diaryl/α,β-unsaturated/α-hetero) is 2. The predicted molar refractivity (Wildman–Crippen MR) is 144 cm³/mol. The standard InChI is InChI=1S/C29H33Cl2NO5/c1-6-9-37-27-17(30)10-16(11-18(27)31)24-25-19(12-28(2,3)14-21(25)33)32(8-7-23(35)36)20-13-29(4,5)15-22(34)26(20)24/h6,10-11,24H,1,7-9,12-15H2,2-5H3,(H,35,36). The minimum absolute atomic E-state index is 0.0417. The van der Waals surface area contributed by atoms with Crippen LogP contribution in [0.15, 0.2) is 47.3 Å². The molecular formula is C29H33Cl2NO5. The first-order valence-electron chi connectivity index (χ1n) is 12.5. The summed E-state index contributed by atoms with van der Waals surface area (Å²) in [4.78, 5) is 41.1. The van der Waals surface area contributed by atoms with E-state index in [1.54, 1.807) is 18.2 Å². The molecule has 37 heavy (non-hydrogen) atoms. The molecule has 0 spiro atoms. The molecule has 1 heterocycles. The summed E-state index contributed by atoms with van der Waals surface area (Å²) in [5.74, 6) is -1.31. The van der Waals surface area contributed by atoms with Crippen LogP contribution < -0.4 is 4.74 Å². The van der Waals surface area contributed by atoms with Gasteiger partial charge < -0.3 is 14.7 Å². The van der Waals surface area contributed by atoms with E-state index in [4.69, 9.17) is 27.9 Å². The predicted octanol–water partition coefficient (Wildman–Crippen LogP) is 6.72. The van der Waals surface area contributed by atoms with E-state index in [-0.39, 0.29) is 52.0 Å². The molecule has 0 aromatic heterocycles. The zero-order valence-corrected chi connectivity index (χ0v) is 23.3. The van der Waals surface area contributed by atoms with Crippen LogP contribution in [0.3, 0.4) is 0 Å². The molecule has 0 atom stereocenters. The molecule has 8 heteroatoms. The van der Waals surface area contributed by atoms with Crippen molar-refractivity contribution in [3.8, 4) is 5.75 Å². The van der Waals surface area contributed by atoms with Gasteiger partial charge in [0.05, 0.1) is 16.5 Å². The Morgan fingerprint density at radius 3 is 1.95 bits per heavy atom. The van der Waals surface area contributed by atoms with Gasteiger partial charge in [-0.3, -0.25) is 14.4 Å². The maximum absolute atomic E-state index is 13.8. The average molecular weight is 546 g/mol. The number of hydrogen-bond acceptors (Lipinski definition) is 5. The number of benzene rings is 1. The lowest BCUT2D eigenvalue weighted by Crippen LogP contribution is -2.45. The van der Waals surface area contributed by atoms with E-state index in [1.165, 1.54) is 0 Å². The second kappa shape index (κ2) is 9.95. The van der Waals surface area contributed by atoms with Gasteiger partial charge in [0.25, 0.3) is 0 Å². The Balaban J connectivity index is 1.97. The highest BCUT2D eigenvalue weighted by Gasteiger charge is 2.49. The number of rotatable bonds is 7. The van der Waals surface area contributed by atoms with E-state index in [0.29, 0.717) is 48.1 Å². The van der Waals surface area contributed by atoms with Crippen LogP contribution in [0.4, 0.5) is 0 Å². The van der Waals surface area contributed by atoms with Crippen LogP contribution in [0.1, 0.15) is 71.3 Å². The van der Waals surface area contributed by atoms with Crippen molar-refractivity contribution >= 4 is 40.7 Å². The number of carbonyl (C=O) groups excluding carboxylic acids is 2. The first-order chi connectivity index (χ1) is 17.2. The molecule has 0 amide bonds. The second-order valence-electron chi connectivity index (χ2n) is 11.7. The molecule has 3 aliphatic rings. The van der Waals surface area contributed by atoms with Gasteiger partial charge in [-0.2, -0.15) is 0 Å².